The van der Waals surface area contributed by atoms with Crippen molar-refractivity contribution in [1.29, 1.82) is 0 Å². The monoisotopic (exact) mass is 310 g/mol. The Morgan fingerprint density at radius 3 is 2.77 bits per heavy atom. The maximum absolute atomic E-state index is 9.47. The molecule has 0 unspecified atom stereocenters. The van der Waals surface area contributed by atoms with Gasteiger partial charge in [0.25, 0.3) is 0 Å². The summed E-state index contributed by atoms with van der Waals surface area (Å²) in [4.78, 5) is 0. The zero-order valence-corrected chi connectivity index (χ0v) is 12.5. The van der Waals surface area contributed by atoms with E-state index in [0.29, 0.717) is 11.2 Å². The Labute approximate surface area is 132 Å². The molecule has 2 aromatic carbocycles. The molecule has 3 aromatic rings. The largest absolute Gasteiger partial charge is 0.508 e. The van der Waals surface area contributed by atoms with Gasteiger partial charge in [-0.15, -0.1) is 0 Å². The molecule has 1 heterocycles. The van der Waals surface area contributed by atoms with Gasteiger partial charge in [-0.25, -0.2) is 0 Å². The van der Waals surface area contributed by atoms with Gasteiger partial charge >= 0.3 is 0 Å². The van der Waals surface area contributed by atoms with Crippen molar-refractivity contribution >= 4 is 18.4 Å². The quantitative estimate of drug-likeness (QED) is 0.575. The molecule has 0 bridgehead atoms. The van der Waals surface area contributed by atoms with Gasteiger partial charge in [0, 0.05) is 6.42 Å². The van der Waals surface area contributed by atoms with E-state index in [0.717, 1.165) is 17.0 Å². The second-order valence-electron chi connectivity index (χ2n) is 4.76. The zero-order chi connectivity index (χ0) is 15.4. The van der Waals surface area contributed by atoms with E-state index in [1.165, 1.54) is 0 Å². The van der Waals surface area contributed by atoms with Crippen LogP contribution in [0.3, 0.4) is 0 Å². The molecule has 0 amide bonds. The van der Waals surface area contributed by atoms with Gasteiger partial charge in [0.15, 0.2) is 5.82 Å². The van der Waals surface area contributed by atoms with Crippen molar-refractivity contribution in [3.8, 4) is 5.75 Å². The number of aromatic hydroxyl groups is 1. The summed E-state index contributed by atoms with van der Waals surface area (Å²) in [5.74, 6) is 0.928. The summed E-state index contributed by atoms with van der Waals surface area (Å²) in [5, 5.41) is 20.8. The summed E-state index contributed by atoms with van der Waals surface area (Å²) in [6.45, 7) is 0. The van der Waals surface area contributed by atoms with Crippen LogP contribution >= 0.6 is 12.2 Å². The molecule has 0 radical (unpaired) electrons. The predicted molar refractivity (Wildman–Crippen MR) is 87.8 cm³/mol. The van der Waals surface area contributed by atoms with Crippen LogP contribution < -0.4 is 0 Å². The van der Waals surface area contributed by atoms with Crippen molar-refractivity contribution in [3.05, 3.63) is 76.3 Å². The third kappa shape index (κ3) is 3.29. The van der Waals surface area contributed by atoms with Crippen LogP contribution in [0.15, 0.2) is 59.7 Å². The zero-order valence-electron chi connectivity index (χ0n) is 11.7. The van der Waals surface area contributed by atoms with Gasteiger partial charge < -0.3 is 5.11 Å². The minimum Gasteiger partial charge on any atom is -0.508 e. The third-order valence-corrected chi connectivity index (χ3v) is 3.38. The number of hydrogen-bond acceptors (Lipinski definition) is 4. The van der Waals surface area contributed by atoms with Gasteiger partial charge in [0.1, 0.15) is 5.75 Å². The number of H-pyrrole nitrogens is 1. The van der Waals surface area contributed by atoms with Crippen LogP contribution in [-0.2, 0) is 6.42 Å². The highest BCUT2D eigenvalue weighted by molar-refractivity contribution is 7.71. The lowest BCUT2D eigenvalue weighted by Gasteiger charge is -2.01. The van der Waals surface area contributed by atoms with Crippen LogP contribution in [0.2, 0.25) is 0 Å². The molecule has 2 N–H and O–H groups in total. The smallest absolute Gasteiger partial charge is 0.216 e. The highest BCUT2D eigenvalue weighted by Crippen LogP contribution is 2.10. The van der Waals surface area contributed by atoms with Crippen LogP contribution in [0.25, 0.3) is 0 Å². The molecule has 0 saturated carbocycles. The fraction of sp³-hybridized carbons (Fsp3) is 0.0625. The Kier molecular flexibility index (Phi) is 4.11. The van der Waals surface area contributed by atoms with Crippen LogP contribution in [0.1, 0.15) is 17.0 Å². The number of benzene rings is 2. The first-order valence-electron chi connectivity index (χ1n) is 6.76. The second-order valence-corrected chi connectivity index (χ2v) is 5.15. The molecule has 0 aliphatic rings. The molecular formula is C16H14N4OS. The molecular weight excluding hydrogens is 296 g/mol. The van der Waals surface area contributed by atoms with Crippen LogP contribution in [0, 0.1) is 4.77 Å². The molecule has 0 atom stereocenters. The Balaban J connectivity index is 1.88. The molecule has 0 saturated heterocycles. The number of nitrogens with zero attached hydrogens (tertiary/aromatic N) is 3. The normalized spacial score (nSPS) is 11.1. The van der Waals surface area contributed by atoms with Crippen molar-refractivity contribution in [2.24, 2.45) is 5.10 Å². The minimum absolute atomic E-state index is 0.198. The molecule has 0 aliphatic carbocycles. The average Bonchev–Trinajstić information content (AvgIpc) is 2.87. The summed E-state index contributed by atoms with van der Waals surface area (Å²) >= 11 is 5.21. The third-order valence-electron chi connectivity index (χ3n) is 3.12. The number of phenolic OH excluding ortho intramolecular Hbond substituents is 1. The van der Waals surface area contributed by atoms with E-state index in [2.05, 4.69) is 15.3 Å². The molecule has 0 spiro atoms. The molecule has 0 fully saturated rings. The Bertz CT molecular complexity index is 852. The topological polar surface area (TPSA) is 66.2 Å². The summed E-state index contributed by atoms with van der Waals surface area (Å²) < 4.78 is 2.02. The van der Waals surface area contributed by atoms with E-state index < -0.39 is 0 Å². The maximum Gasteiger partial charge on any atom is 0.216 e. The van der Waals surface area contributed by atoms with E-state index in [-0.39, 0.29) is 5.75 Å². The fourth-order valence-corrected chi connectivity index (χ4v) is 2.26. The summed E-state index contributed by atoms with van der Waals surface area (Å²) in [5.41, 5.74) is 1.92. The average molecular weight is 310 g/mol. The summed E-state index contributed by atoms with van der Waals surface area (Å²) in [6, 6.07) is 16.8. The Morgan fingerprint density at radius 1 is 1.18 bits per heavy atom. The van der Waals surface area contributed by atoms with Gasteiger partial charge in [-0.2, -0.15) is 14.9 Å². The molecule has 3 rings (SSSR count). The van der Waals surface area contributed by atoms with Crippen molar-refractivity contribution in [2.75, 3.05) is 0 Å². The number of aromatic nitrogens is 3. The SMILES string of the molecule is Oc1cccc(/C=N\n2c(Cc3ccccc3)n[nH]c2=S)c1. The molecule has 6 heteroatoms. The lowest BCUT2D eigenvalue weighted by molar-refractivity contribution is 0.475. The first-order valence-corrected chi connectivity index (χ1v) is 7.17. The highest BCUT2D eigenvalue weighted by atomic mass is 32.1. The highest BCUT2D eigenvalue weighted by Gasteiger charge is 2.05. The van der Waals surface area contributed by atoms with Crippen LogP contribution in [0.4, 0.5) is 0 Å². The minimum atomic E-state index is 0.198. The molecule has 0 aliphatic heterocycles. The first kappa shape index (κ1) is 14.2. The summed E-state index contributed by atoms with van der Waals surface area (Å²) in [7, 11) is 0. The van der Waals surface area contributed by atoms with Gasteiger partial charge in [-0.1, -0.05) is 42.5 Å². The molecule has 5 nitrogen and oxygen atoms in total. The summed E-state index contributed by atoms with van der Waals surface area (Å²) in [6.07, 6.45) is 2.27. The number of phenols is 1. The first-order chi connectivity index (χ1) is 10.7. The number of rotatable bonds is 4. The molecule has 1 aromatic heterocycles. The van der Waals surface area contributed by atoms with Crippen molar-refractivity contribution in [2.45, 2.75) is 6.42 Å². The Morgan fingerprint density at radius 2 is 2.00 bits per heavy atom. The van der Waals surface area contributed by atoms with E-state index in [1.54, 1.807) is 29.1 Å². The van der Waals surface area contributed by atoms with E-state index >= 15 is 0 Å². The predicted octanol–water partition coefficient (Wildman–Crippen LogP) is 3.12. The molecule has 110 valence electrons. The lowest BCUT2D eigenvalue weighted by Crippen LogP contribution is -2.00. The Hall–Kier alpha value is -2.73. The standard InChI is InChI=1S/C16H14N4OS/c21-14-8-4-7-13(9-14)11-17-20-15(18-19-16(20)22)10-12-5-2-1-3-6-12/h1-9,11,21H,10H2,(H,19,22)/b17-11-. The fourth-order valence-electron chi connectivity index (χ4n) is 2.07. The maximum atomic E-state index is 9.47. The van der Waals surface area contributed by atoms with Gasteiger partial charge in [-0.3, -0.25) is 5.10 Å². The van der Waals surface area contributed by atoms with Crippen molar-refractivity contribution < 1.29 is 5.11 Å². The van der Waals surface area contributed by atoms with Crippen LogP contribution in [0.5, 0.6) is 5.75 Å². The van der Waals surface area contributed by atoms with Gasteiger partial charge in [0.05, 0.1) is 6.21 Å². The second kappa shape index (κ2) is 6.36. The van der Waals surface area contributed by atoms with Crippen LogP contribution in [-0.4, -0.2) is 26.2 Å². The number of nitrogens with one attached hydrogen (secondary N) is 1. The van der Waals surface area contributed by atoms with Gasteiger partial charge in [0.2, 0.25) is 4.77 Å². The van der Waals surface area contributed by atoms with Crippen molar-refractivity contribution in [3.63, 3.8) is 0 Å². The van der Waals surface area contributed by atoms with Crippen molar-refractivity contribution in [1.82, 2.24) is 14.9 Å². The van der Waals surface area contributed by atoms with E-state index in [4.69, 9.17) is 12.2 Å². The molecule has 22 heavy (non-hydrogen) atoms. The van der Waals surface area contributed by atoms with Gasteiger partial charge in [-0.05, 0) is 35.5 Å². The van der Waals surface area contributed by atoms with E-state index in [9.17, 15) is 5.11 Å². The number of aromatic amines is 1. The lowest BCUT2D eigenvalue weighted by atomic mass is 10.1. The van der Waals surface area contributed by atoms with E-state index in [1.807, 2.05) is 36.4 Å². The number of hydrogen-bond donors (Lipinski definition) is 2.